The normalized spacial score (nSPS) is 18.2. The third kappa shape index (κ3) is 4.48. The number of sulfonamides is 1. The van der Waals surface area contributed by atoms with E-state index >= 15 is 0 Å². The van der Waals surface area contributed by atoms with Crippen molar-refractivity contribution in [2.75, 3.05) is 13.6 Å². The highest BCUT2D eigenvalue weighted by molar-refractivity contribution is 7.89. The molecule has 0 bridgehead atoms. The highest BCUT2D eigenvalue weighted by atomic mass is 35.5. The molecule has 0 unspecified atom stereocenters. The Morgan fingerprint density at radius 2 is 1.86 bits per heavy atom. The Morgan fingerprint density at radius 1 is 1.21 bits per heavy atom. The van der Waals surface area contributed by atoms with Gasteiger partial charge in [0.1, 0.15) is 11.4 Å². The van der Waals surface area contributed by atoms with Crippen LogP contribution in [-0.2, 0) is 14.8 Å². The molecule has 1 atom stereocenters. The minimum absolute atomic E-state index is 0.0877. The topological polar surface area (TPSA) is 75.7 Å². The number of hydrogen-bond acceptors (Lipinski definition) is 4. The van der Waals surface area contributed by atoms with E-state index in [2.05, 4.69) is 5.32 Å². The van der Waals surface area contributed by atoms with Crippen molar-refractivity contribution in [2.24, 2.45) is 0 Å². The van der Waals surface area contributed by atoms with E-state index in [9.17, 15) is 13.2 Å². The number of rotatable bonds is 5. The summed E-state index contributed by atoms with van der Waals surface area (Å²) in [5.74, 6) is 0.351. The molecule has 150 valence electrons. The van der Waals surface area contributed by atoms with Crippen LogP contribution in [0.5, 0.6) is 5.75 Å². The van der Waals surface area contributed by atoms with Gasteiger partial charge in [-0.1, -0.05) is 29.8 Å². The average Bonchev–Trinajstić information content (AvgIpc) is 2.61. The van der Waals surface area contributed by atoms with Crippen LogP contribution < -0.4 is 10.1 Å². The summed E-state index contributed by atoms with van der Waals surface area (Å²) in [4.78, 5) is 12.7. The van der Waals surface area contributed by atoms with Crippen molar-refractivity contribution in [1.82, 2.24) is 9.62 Å². The van der Waals surface area contributed by atoms with E-state index in [0.717, 1.165) is 15.6 Å². The number of para-hydroxylation sites is 1. The number of nitrogens with zero attached hydrogens (tertiary/aromatic N) is 1. The molecule has 1 heterocycles. The van der Waals surface area contributed by atoms with Crippen molar-refractivity contribution in [3.05, 3.63) is 59.1 Å². The summed E-state index contributed by atoms with van der Waals surface area (Å²) in [5.41, 5.74) is 0.450. The molecule has 8 heteroatoms. The minimum Gasteiger partial charge on any atom is -0.487 e. The second kappa shape index (κ2) is 7.73. The first-order chi connectivity index (χ1) is 13.1. The van der Waals surface area contributed by atoms with Crippen LogP contribution in [0.25, 0.3) is 0 Å². The fourth-order valence-corrected chi connectivity index (χ4v) is 4.50. The summed E-state index contributed by atoms with van der Waals surface area (Å²) in [5, 5.41) is 3.39. The third-order valence-electron chi connectivity index (χ3n) is 4.60. The number of carbonyl (C=O) groups excluding carboxylic acids is 1. The van der Waals surface area contributed by atoms with Crippen molar-refractivity contribution in [3.8, 4) is 5.75 Å². The lowest BCUT2D eigenvalue weighted by molar-refractivity contribution is -0.122. The first-order valence-corrected chi connectivity index (χ1v) is 10.7. The number of halogens is 1. The van der Waals surface area contributed by atoms with E-state index in [1.807, 2.05) is 38.1 Å². The summed E-state index contributed by atoms with van der Waals surface area (Å²) in [6, 6.07) is 13.1. The lowest BCUT2D eigenvalue weighted by atomic mass is 9.89. The zero-order chi connectivity index (χ0) is 20.5. The van der Waals surface area contributed by atoms with Crippen LogP contribution in [0.3, 0.4) is 0 Å². The smallest absolute Gasteiger partial charge is 0.243 e. The van der Waals surface area contributed by atoms with Gasteiger partial charge in [0.25, 0.3) is 0 Å². The quantitative estimate of drug-likeness (QED) is 0.801. The molecule has 1 amide bonds. The van der Waals surface area contributed by atoms with Crippen molar-refractivity contribution >= 4 is 27.5 Å². The molecule has 0 fully saturated rings. The molecule has 0 spiro atoms. The molecule has 1 aliphatic heterocycles. The second-order valence-corrected chi connectivity index (χ2v) is 9.92. The Kier molecular flexibility index (Phi) is 5.70. The molecule has 0 saturated heterocycles. The standard InChI is InChI=1S/C20H23ClN2O4S/c1-20(2)12-17(16-6-4-5-7-18(16)27-20)22-19(24)13-23(3)28(25,26)15-10-8-14(21)9-11-15/h4-11,17H,12-13H2,1-3H3,(H,22,24)/t17-/m1/s1. The fourth-order valence-electron chi connectivity index (χ4n) is 3.24. The summed E-state index contributed by atoms with van der Waals surface area (Å²) < 4.78 is 32.3. The SMILES string of the molecule is CN(CC(=O)N[C@@H]1CC(C)(C)Oc2ccccc21)S(=O)(=O)c1ccc(Cl)cc1. The van der Waals surface area contributed by atoms with Gasteiger partial charge in [-0.15, -0.1) is 0 Å². The zero-order valence-corrected chi connectivity index (χ0v) is 17.5. The van der Waals surface area contributed by atoms with Crippen LogP contribution in [0.15, 0.2) is 53.4 Å². The van der Waals surface area contributed by atoms with Crippen LogP contribution in [0.4, 0.5) is 0 Å². The van der Waals surface area contributed by atoms with Crippen LogP contribution >= 0.6 is 11.6 Å². The number of ether oxygens (including phenoxy) is 1. The summed E-state index contributed by atoms with van der Waals surface area (Å²) in [7, 11) is -2.41. The summed E-state index contributed by atoms with van der Waals surface area (Å²) in [6.45, 7) is 3.63. The lowest BCUT2D eigenvalue weighted by Gasteiger charge is -2.38. The van der Waals surface area contributed by atoms with E-state index in [1.54, 1.807) is 0 Å². The van der Waals surface area contributed by atoms with Gasteiger partial charge < -0.3 is 10.1 Å². The molecule has 2 aromatic carbocycles. The van der Waals surface area contributed by atoms with Crippen molar-refractivity contribution < 1.29 is 17.9 Å². The molecule has 28 heavy (non-hydrogen) atoms. The predicted octanol–water partition coefficient (Wildman–Crippen LogP) is 3.38. The van der Waals surface area contributed by atoms with Gasteiger partial charge in [-0.2, -0.15) is 4.31 Å². The van der Waals surface area contributed by atoms with Crippen LogP contribution in [0.2, 0.25) is 5.02 Å². The number of benzene rings is 2. The largest absolute Gasteiger partial charge is 0.487 e. The highest BCUT2D eigenvalue weighted by Gasteiger charge is 2.34. The molecule has 1 aliphatic rings. The second-order valence-electron chi connectivity index (χ2n) is 7.44. The Hall–Kier alpha value is -2.09. The first-order valence-electron chi connectivity index (χ1n) is 8.88. The molecular formula is C20H23ClN2O4S. The van der Waals surface area contributed by atoms with E-state index in [4.69, 9.17) is 16.3 Å². The maximum absolute atomic E-state index is 12.7. The van der Waals surface area contributed by atoms with Gasteiger partial charge in [0.15, 0.2) is 0 Å². The van der Waals surface area contributed by atoms with E-state index in [-0.39, 0.29) is 23.4 Å². The van der Waals surface area contributed by atoms with E-state index in [0.29, 0.717) is 11.4 Å². The highest BCUT2D eigenvalue weighted by Crippen LogP contribution is 2.39. The predicted molar refractivity (Wildman–Crippen MR) is 108 cm³/mol. The van der Waals surface area contributed by atoms with Crippen LogP contribution in [0, 0.1) is 0 Å². The fraction of sp³-hybridized carbons (Fsp3) is 0.350. The molecule has 0 aromatic heterocycles. The third-order valence-corrected chi connectivity index (χ3v) is 6.67. The van der Waals surface area contributed by atoms with Gasteiger partial charge in [-0.3, -0.25) is 4.79 Å². The molecule has 0 saturated carbocycles. The van der Waals surface area contributed by atoms with E-state index in [1.165, 1.54) is 31.3 Å². The van der Waals surface area contributed by atoms with Gasteiger partial charge in [-0.25, -0.2) is 8.42 Å². The minimum atomic E-state index is -3.79. The molecule has 0 aliphatic carbocycles. The number of nitrogens with one attached hydrogen (secondary N) is 1. The number of amides is 1. The maximum atomic E-state index is 12.7. The van der Waals surface area contributed by atoms with Gasteiger partial charge in [-0.05, 0) is 44.2 Å². The van der Waals surface area contributed by atoms with Crippen molar-refractivity contribution in [3.63, 3.8) is 0 Å². The Balaban J connectivity index is 1.72. The molecule has 2 aromatic rings. The van der Waals surface area contributed by atoms with Crippen LogP contribution in [0.1, 0.15) is 31.9 Å². The monoisotopic (exact) mass is 422 g/mol. The average molecular weight is 423 g/mol. The van der Waals surface area contributed by atoms with Gasteiger partial charge >= 0.3 is 0 Å². The van der Waals surface area contributed by atoms with E-state index < -0.39 is 15.6 Å². The Labute approximate surface area is 170 Å². The molecule has 0 radical (unpaired) electrons. The molecule has 6 nitrogen and oxygen atoms in total. The molecular weight excluding hydrogens is 400 g/mol. The van der Waals surface area contributed by atoms with Gasteiger partial charge in [0.05, 0.1) is 17.5 Å². The van der Waals surface area contributed by atoms with Gasteiger partial charge in [0.2, 0.25) is 15.9 Å². The molecule has 1 N–H and O–H groups in total. The lowest BCUT2D eigenvalue weighted by Crippen LogP contribution is -2.44. The number of hydrogen-bond donors (Lipinski definition) is 1. The maximum Gasteiger partial charge on any atom is 0.243 e. The number of likely N-dealkylation sites (N-methyl/N-ethyl adjacent to an activating group) is 1. The summed E-state index contributed by atoms with van der Waals surface area (Å²) >= 11 is 5.82. The summed E-state index contributed by atoms with van der Waals surface area (Å²) in [6.07, 6.45) is 0.587. The first kappa shape index (κ1) is 20.6. The zero-order valence-electron chi connectivity index (χ0n) is 16.0. The van der Waals surface area contributed by atoms with Gasteiger partial charge in [0, 0.05) is 24.1 Å². The van der Waals surface area contributed by atoms with Crippen LogP contribution in [-0.4, -0.2) is 37.8 Å². The Bertz CT molecular complexity index is 974. The van der Waals surface area contributed by atoms with Crippen molar-refractivity contribution in [2.45, 2.75) is 36.8 Å². The van der Waals surface area contributed by atoms with Crippen molar-refractivity contribution in [1.29, 1.82) is 0 Å². The molecule has 3 rings (SSSR count). The number of fused-ring (bicyclic) bond motifs is 1. The number of carbonyl (C=O) groups is 1. The Morgan fingerprint density at radius 3 is 2.54 bits per heavy atom.